The zero-order chi connectivity index (χ0) is 20.5. The highest BCUT2D eigenvalue weighted by molar-refractivity contribution is 7.17. The summed E-state index contributed by atoms with van der Waals surface area (Å²) in [7, 11) is 0. The first-order valence-electron chi connectivity index (χ1n) is 8.98. The van der Waals surface area contributed by atoms with Crippen molar-refractivity contribution in [2.24, 2.45) is 16.5 Å². The Labute approximate surface area is 167 Å². The van der Waals surface area contributed by atoms with Crippen molar-refractivity contribution in [3.8, 4) is 0 Å². The maximum absolute atomic E-state index is 12.3. The number of aliphatic carboxylic acids is 1. The van der Waals surface area contributed by atoms with Gasteiger partial charge in [0.25, 0.3) is 5.91 Å². The molecular weight excluding hydrogens is 378 g/mol. The number of nitrogens with zero attached hydrogens (tertiary/aromatic N) is 2. The van der Waals surface area contributed by atoms with E-state index in [0.717, 1.165) is 36.2 Å². The standard InChI is InChI=1S/C19H25N5O3S/c1-12-16(28-19(23-12)24-18(20)21)17(27)22-10-6-5-9-14(11-15(25)26)13-7-3-2-4-8-13/h2-4,7-8,14H,5-6,9-11H2,1H3,(H,22,27)(H,25,26)(H4,20,21,23,24). The Balaban J connectivity index is 1.81. The van der Waals surface area contributed by atoms with E-state index in [0.29, 0.717) is 22.2 Å². The maximum Gasteiger partial charge on any atom is 0.303 e. The topological polar surface area (TPSA) is 144 Å². The summed E-state index contributed by atoms with van der Waals surface area (Å²) in [5.41, 5.74) is 12.3. The minimum Gasteiger partial charge on any atom is -0.481 e. The van der Waals surface area contributed by atoms with Crippen molar-refractivity contribution in [2.45, 2.75) is 38.5 Å². The number of carbonyl (C=O) groups is 2. The summed E-state index contributed by atoms with van der Waals surface area (Å²) in [6.45, 7) is 2.23. The molecule has 1 unspecified atom stereocenters. The first-order valence-corrected chi connectivity index (χ1v) is 9.80. The Bertz CT molecular complexity index is 831. The fourth-order valence-corrected chi connectivity index (χ4v) is 3.75. The van der Waals surface area contributed by atoms with Gasteiger partial charge < -0.3 is 21.9 Å². The number of carbonyl (C=O) groups excluding carboxylic acids is 1. The smallest absolute Gasteiger partial charge is 0.303 e. The van der Waals surface area contributed by atoms with Crippen LogP contribution in [-0.4, -0.2) is 34.5 Å². The second-order valence-electron chi connectivity index (χ2n) is 6.40. The molecule has 150 valence electrons. The highest BCUT2D eigenvalue weighted by Gasteiger charge is 2.16. The lowest BCUT2D eigenvalue weighted by molar-refractivity contribution is -0.137. The van der Waals surface area contributed by atoms with E-state index in [-0.39, 0.29) is 24.2 Å². The van der Waals surface area contributed by atoms with E-state index >= 15 is 0 Å². The molecule has 1 aromatic carbocycles. The normalized spacial score (nSPS) is 11.6. The minimum absolute atomic E-state index is 0.0275. The van der Waals surface area contributed by atoms with Crippen LogP contribution in [0.4, 0.5) is 5.13 Å². The van der Waals surface area contributed by atoms with Gasteiger partial charge in [0.1, 0.15) is 4.88 Å². The molecule has 28 heavy (non-hydrogen) atoms. The number of aliphatic imine (C=N–C) groups is 1. The predicted molar refractivity (Wildman–Crippen MR) is 110 cm³/mol. The van der Waals surface area contributed by atoms with Gasteiger partial charge in [-0.15, -0.1) is 0 Å². The zero-order valence-electron chi connectivity index (χ0n) is 15.7. The number of amides is 1. The van der Waals surface area contributed by atoms with E-state index in [9.17, 15) is 9.59 Å². The molecule has 2 aromatic rings. The Morgan fingerprint density at radius 1 is 1.25 bits per heavy atom. The zero-order valence-corrected chi connectivity index (χ0v) is 16.5. The molecular formula is C19H25N5O3S. The Hall–Kier alpha value is -2.94. The van der Waals surface area contributed by atoms with Crippen LogP contribution in [0.3, 0.4) is 0 Å². The largest absolute Gasteiger partial charge is 0.481 e. The van der Waals surface area contributed by atoms with Crippen LogP contribution in [0.25, 0.3) is 0 Å². The number of nitrogens with one attached hydrogen (secondary N) is 1. The number of hydrogen-bond acceptors (Lipinski definition) is 5. The number of aromatic nitrogens is 1. The van der Waals surface area contributed by atoms with Gasteiger partial charge in [-0.3, -0.25) is 9.59 Å². The van der Waals surface area contributed by atoms with Crippen LogP contribution in [0, 0.1) is 6.92 Å². The molecule has 0 aliphatic carbocycles. The third kappa shape index (κ3) is 6.66. The van der Waals surface area contributed by atoms with Crippen molar-refractivity contribution in [3.63, 3.8) is 0 Å². The molecule has 0 saturated heterocycles. The minimum atomic E-state index is -0.806. The molecule has 8 nitrogen and oxygen atoms in total. The van der Waals surface area contributed by atoms with Gasteiger partial charge in [-0.05, 0) is 31.2 Å². The highest BCUT2D eigenvalue weighted by Crippen LogP contribution is 2.26. The van der Waals surface area contributed by atoms with Crippen molar-refractivity contribution < 1.29 is 14.7 Å². The molecule has 0 aliphatic rings. The number of rotatable bonds is 10. The third-order valence-electron chi connectivity index (χ3n) is 4.17. The van der Waals surface area contributed by atoms with Gasteiger partial charge in [0.05, 0.1) is 12.1 Å². The van der Waals surface area contributed by atoms with Gasteiger partial charge in [0, 0.05) is 6.54 Å². The highest BCUT2D eigenvalue weighted by atomic mass is 32.1. The first kappa shape index (κ1) is 21.4. The Morgan fingerprint density at radius 2 is 1.96 bits per heavy atom. The van der Waals surface area contributed by atoms with E-state index in [4.69, 9.17) is 16.6 Å². The van der Waals surface area contributed by atoms with Crippen LogP contribution in [0.2, 0.25) is 0 Å². The van der Waals surface area contributed by atoms with E-state index in [1.54, 1.807) is 6.92 Å². The summed E-state index contributed by atoms with van der Waals surface area (Å²) in [6.07, 6.45) is 2.42. The van der Waals surface area contributed by atoms with Crippen molar-refractivity contribution in [2.75, 3.05) is 6.54 Å². The molecule has 6 N–H and O–H groups in total. The average molecular weight is 404 g/mol. The summed E-state index contributed by atoms with van der Waals surface area (Å²) in [4.78, 5) is 31.9. The molecule has 0 aliphatic heterocycles. The SMILES string of the molecule is Cc1nc(N=C(N)N)sc1C(=O)NCCCCC(CC(=O)O)c1ccccc1. The van der Waals surface area contributed by atoms with Crippen molar-refractivity contribution in [1.29, 1.82) is 0 Å². The van der Waals surface area contributed by atoms with Crippen LogP contribution in [0.15, 0.2) is 35.3 Å². The number of guanidine groups is 1. The monoisotopic (exact) mass is 403 g/mol. The number of aryl methyl sites for hydroxylation is 1. The lowest BCUT2D eigenvalue weighted by Gasteiger charge is -2.15. The number of thiazole rings is 1. The molecule has 1 atom stereocenters. The van der Waals surface area contributed by atoms with Gasteiger partial charge in [0.2, 0.25) is 5.13 Å². The Kier molecular flexibility index (Phi) is 7.94. The van der Waals surface area contributed by atoms with Crippen molar-refractivity contribution >= 4 is 34.3 Å². The number of unbranched alkanes of at least 4 members (excludes halogenated alkanes) is 1. The average Bonchev–Trinajstić information content (AvgIpc) is 3.00. The summed E-state index contributed by atoms with van der Waals surface area (Å²) in [5.74, 6) is -1.15. The molecule has 0 saturated carbocycles. The van der Waals surface area contributed by atoms with Crippen molar-refractivity contribution in [3.05, 3.63) is 46.5 Å². The summed E-state index contributed by atoms with van der Waals surface area (Å²) in [5, 5.41) is 12.4. The third-order valence-corrected chi connectivity index (χ3v) is 5.22. The van der Waals surface area contributed by atoms with E-state index in [2.05, 4.69) is 15.3 Å². The number of carboxylic acid groups (broad SMARTS) is 1. The van der Waals surface area contributed by atoms with E-state index in [1.165, 1.54) is 0 Å². The molecule has 2 rings (SSSR count). The molecule has 1 amide bonds. The van der Waals surface area contributed by atoms with Crippen LogP contribution < -0.4 is 16.8 Å². The van der Waals surface area contributed by atoms with Gasteiger partial charge in [-0.25, -0.2) is 4.98 Å². The second-order valence-corrected chi connectivity index (χ2v) is 7.38. The number of nitrogens with two attached hydrogens (primary N) is 2. The number of hydrogen-bond donors (Lipinski definition) is 4. The first-order chi connectivity index (χ1) is 13.4. The molecule has 1 aromatic heterocycles. The van der Waals surface area contributed by atoms with Crippen LogP contribution in [-0.2, 0) is 4.79 Å². The molecule has 9 heteroatoms. The van der Waals surface area contributed by atoms with Crippen LogP contribution >= 0.6 is 11.3 Å². The molecule has 1 heterocycles. The maximum atomic E-state index is 12.3. The molecule has 0 radical (unpaired) electrons. The quantitative estimate of drug-likeness (QED) is 0.273. The predicted octanol–water partition coefficient (Wildman–Crippen LogP) is 2.52. The summed E-state index contributed by atoms with van der Waals surface area (Å²) < 4.78 is 0. The van der Waals surface area contributed by atoms with Gasteiger partial charge in [-0.1, -0.05) is 48.1 Å². The van der Waals surface area contributed by atoms with Crippen LogP contribution in [0.5, 0.6) is 0 Å². The fourth-order valence-electron chi connectivity index (χ4n) is 2.87. The van der Waals surface area contributed by atoms with E-state index in [1.807, 2.05) is 30.3 Å². The lowest BCUT2D eigenvalue weighted by atomic mass is 9.90. The Morgan fingerprint density at radius 3 is 2.61 bits per heavy atom. The molecule has 0 bridgehead atoms. The fraction of sp³-hybridized carbons (Fsp3) is 0.368. The molecule has 0 spiro atoms. The van der Waals surface area contributed by atoms with Gasteiger partial charge in [0.15, 0.2) is 5.96 Å². The van der Waals surface area contributed by atoms with E-state index < -0.39 is 5.97 Å². The second kappa shape index (κ2) is 10.4. The number of benzene rings is 1. The summed E-state index contributed by atoms with van der Waals surface area (Å²) in [6, 6.07) is 9.65. The van der Waals surface area contributed by atoms with Crippen molar-refractivity contribution in [1.82, 2.24) is 10.3 Å². The summed E-state index contributed by atoms with van der Waals surface area (Å²) >= 11 is 1.13. The van der Waals surface area contributed by atoms with Gasteiger partial charge in [-0.2, -0.15) is 4.99 Å². The van der Waals surface area contributed by atoms with Crippen LogP contribution in [0.1, 0.15) is 52.5 Å². The number of carboxylic acids is 1. The molecule has 0 fully saturated rings. The lowest BCUT2D eigenvalue weighted by Crippen LogP contribution is -2.24. The van der Waals surface area contributed by atoms with Gasteiger partial charge >= 0.3 is 5.97 Å².